The molecule has 0 fully saturated rings. The van der Waals surface area contributed by atoms with Crippen molar-refractivity contribution in [3.63, 3.8) is 0 Å². The van der Waals surface area contributed by atoms with Crippen molar-refractivity contribution in [2.75, 3.05) is 0 Å². The molecular weight excluding hydrogens is 298 g/mol. The third-order valence-corrected chi connectivity index (χ3v) is 3.99. The third-order valence-electron chi connectivity index (χ3n) is 3.13. The Labute approximate surface area is 127 Å². The van der Waals surface area contributed by atoms with Crippen LogP contribution in [0.4, 0.5) is 4.39 Å². The van der Waals surface area contributed by atoms with Crippen LogP contribution in [0.1, 0.15) is 11.1 Å². The summed E-state index contributed by atoms with van der Waals surface area (Å²) in [4.78, 5) is 0. The van der Waals surface area contributed by atoms with Gasteiger partial charge in [0.2, 0.25) is 0 Å². The Morgan fingerprint density at radius 3 is 2.40 bits per heavy atom. The summed E-state index contributed by atoms with van der Waals surface area (Å²) in [7, 11) is 0. The minimum absolute atomic E-state index is 0.00331. The summed E-state index contributed by atoms with van der Waals surface area (Å²) in [6, 6.07) is 11.9. The first-order chi connectivity index (χ1) is 9.60. The Morgan fingerprint density at radius 2 is 1.75 bits per heavy atom. The first-order valence-corrected chi connectivity index (χ1v) is 6.99. The summed E-state index contributed by atoms with van der Waals surface area (Å²) < 4.78 is 12.9. The lowest BCUT2D eigenvalue weighted by molar-refractivity contribution is 0.522. The fourth-order valence-electron chi connectivity index (χ4n) is 2.07. The summed E-state index contributed by atoms with van der Waals surface area (Å²) in [5.74, 6) is 5.34. The lowest BCUT2D eigenvalue weighted by Crippen LogP contribution is -2.38. The standard InChI is InChI=1S/C15H15Cl2FN2/c16-14-3-1-2-11(15(14)17)9-13(20-19)8-10-4-6-12(18)7-5-10/h1-7,13,20H,8-9,19H2. The van der Waals surface area contributed by atoms with Crippen molar-refractivity contribution in [1.82, 2.24) is 5.43 Å². The Hall–Kier alpha value is -1.13. The molecule has 5 heteroatoms. The van der Waals surface area contributed by atoms with E-state index in [0.29, 0.717) is 22.9 Å². The molecule has 0 aliphatic heterocycles. The van der Waals surface area contributed by atoms with Crippen molar-refractivity contribution in [1.29, 1.82) is 0 Å². The highest BCUT2D eigenvalue weighted by Gasteiger charge is 2.12. The molecule has 0 saturated heterocycles. The molecule has 20 heavy (non-hydrogen) atoms. The summed E-state index contributed by atoms with van der Waals surface area (Å²) in [5, 5.41) is 1.08. The van der Waals surface area contributed by atoms with E-state index in [4.69, 9.17) is 29.0 Å². The molecule has 0 bridgehead atoms. The minimum atomic E-state index is -0.246. The van der Waals surface area contributed by atoms with Crippen LogP contribution >= 0.6 is 23.2 Å². The van der Waals surface area contributed by atoms with Crippen LogP contribution in [-0.2, 0) is 12.8 Å². The first-order valence-electron chi connectivity index (χ1n) is 6.23. The van der Waals surface area contributed by atoms with Gasteiger partial charge in [-0.2, -0.15) is 0 Å². The molecule has 2 nitrogen and oxygen atoms in total. The number of nitrogens with two attached hydrogens (primary N) is 1. The largest absolute Gasteiger partial charge is 0.271 e. The number of hydrazine groups is 1. The molecule has 2 rings (SSSR count). The Balaban J connectivity index is 2.09. The van der Waals surface area contributed by atoms with Crippen molar-refractivity contribution < 1.29 is 4.39 Å². The smallest absolute Gasteiger partial charge is 0.123 e. The van der Waals surface area contributed by atoms with Gasteiger partial charge >= 0.3 is 0 Å². The molecule has 0 heterocycles. The molecule has 1 atom stereocenters. The van der Waals surface area contributed by atoms with Gasteiger partial charge in [-0.05, 0) is 42.2 Å². The van der Waals surface area contributed by atoms with Crippen molar-refractivity contribution in [2.45, 2.75) is 18.9 Å². The zero-order valence-corrected chi connectivity index (χ0v) is 12.3. The lowest BCUT2D eigenvalue weighted by Gasteiger charge is -2.17. The molecule has 0 radical (unpaired) electrons. The molecule has 0 saturated carbocycles. The summed E-state index contributed by atoms with van der Waals surface area (Å²) in [6.07, 6.45) is 1.33. The first kappa shape index (κ1) is 15.3. The van der Waals surface area contributed by atoms with E-state index in [-0.39, 0.29) is 11.9 Å². The van der Waals surface area contributed by atoms with Gasteiger partial charge in [-0.15, -0.1) is 0 Å². The van der Waals surface area contributed by atoms with Crippen LogP contribution in [0.15, 0.2) is 42.5 Å². The molecule has 0 aliphatic carbocycles. The van der Waals surface area contributed by atoms with E-state index in [1.165, 1.54) is 12.1 Å². The SMILES string of the molecule is NNC(Cc1ccc(F)cc1)Cc1cccc(Cl)c1Cl. The number of rotatable bonds is 5. The molecule has 1 unspecified atom stereocenters. The molecule has 3 N–H and O–H groups in total. The van der Waals surface area contributed by atoms with Gasteiger partial charge in [0, 0.05) is 6.04 Å². The highest BCUT2D eigenvalue weighted by atomic mass is 35.5. The van der Waals surface area contributed by atoms with Gasteiger partial charge in [-0.1, -0.05) is 47.5 Å². The molecule has 106 valence electrons. The van der Waals surface area contributed by atoms with Crippen molar-refractivity contribution in [3.05, 3.63) is 69.5 Å². The molecular formula is C15H15Cl2FN2. The molecule has 0 amide bonds. The van der Waals surface area contributed by atoms with E-state index in [0.717, 1.165) is 11.1 Å². The van der Waals surface area contributed by atoms with E-state index in [9.17, 15) is 4.39 Å². The van der Waals surface area contributed by atoms with Gasteiger partial charge in [0.1, 0.15) is 5.82 Å². The van der Waals surface area contributed by atoms with Crippen LogP contribution in [0.25, 0.3) is 0 Å². The second-order valence-electron chi connectivity index (χ2n) is 4.61. The summed E-state index contributed by atoms with van der Waals surface area (Å²) in [5.41, 5.74) is 4.71. The van der Waals surface area contributed by atoms with Crippen molar-refractivity contribution in [2.24, 2.45) is 5.84 Å². The Morgan fingerprint density at radius 1 is 1.05 bits per heavy atom. The molecule has 0 aliphatic rings. The Bertz CT molecular complexity index is 573. The summed E-state index contributed by atoms with van der Waals surface area (Å²) in [6.45, 7) is 0. The van der Waals surface area contributed by atoms with E-state index >= 15 is 0 Å². The van der Waals surface area contributed by atoms with Gasteiger partial charge in [-0.25, -0.2) is 4.39 Å². The van der Waals surface area contributed by atoms with Gasteiger partial charge in [-0.3, -0.25) is 11.3 Å². The number of benzene rings is 2. The minimum Gasteiger partial charge on any atom is -0.271 e. The van der Waals surface area contributed by atoms with Gasteiger partial charge in [0.15, 0.2) is 0 Å². The van der Waals surface area contributed by atoms with Crippen LogP contribution in [0.3, 0.4) is 0 Å². The van der Waals surface area contributed by atoms with Crippen molar-refractivity contribution >= 4 is 23.2 Å². The van der Waals surface area contributed by atoms with E-state index in [1.807, 2.05) is 12.1 Å². The van der Waals surface area contributed by atoms with Crippen LogP contribution in [0, 0.1) is 5.82 Å². The zero-order valence-electron chi connectivity index (χ0n) is 10.7. The molecule has 0 aromatic heterocycles. The lowest BCUT2D eigenvalue weighted by atomic mass is 9.99. The van der Waals surface area contributed by atoms with E-state index in [1.54, 1.807) is 18.2 Å². The molecule has 0 spiro atoms. The third kappa shape index (κ3) is 3.93. The fourth-order valence-corrected chi connectivity index (χ4v) is 2.46. The number of halogens is 3. The maximum Gasteiger partial charge on any atom is 0.123 e. The highest BCUT2D eigenvalue weighted by Crippen LogP contribution is 2.26. The van der Waals surface area contributed by atoms with Crippen LogP contribution in [-0.4, -0.2) is 6.04 Å². The van der Waals surface area contributed by atoms with E-state index in [2.05, 4.69) is 5.43 Å². The van der Waals surface area contributed by atoms with Crippen molar-refractivity contribution in [3.8, 4) is 0 Å². The average molecular weight is 313 g/mol. The molecule has 2 aromatic carbocycles. The van der Waals surface area contributed by atoms with Crippen LogP contribution in [0.5, 0.6) is 0 Å². The second-order valence-corrected chi connectivity index (χ2v) is 5.40. The summed E-state index contributed by atoms with van der Waals surface area (Å²) >= 11 is 12.2. The fraction of sp³-hybridized carbons (Fsp3) is 0.200. The predicted octanol–water partition coefficient (Wildman–Crippen LogP) is 3.75. The number of hydrogen-bond acceptors (Lipinski definition) is 2. The Kier molecular flexibility index (Phi) is 5.38. The zero-order chi connectivity index (χ0) is 14.5. The second kappa shape index (κ2) is 7.04. The highest BCUT2D eigenvalue weighted by molar-refractivity contribution is 6.42. The van der Waals surface area contributed by atoms with Crippen LogP contribution in [0.2, 0.25) is 10.0 Å². The maximum absolute atomic E-state index is 12.9. The maximum atomic E-state index is 12.9. The van der Waals surface area contributed by atoms with Gasteiger partial charge in [0.25, 0.3) is 0 Å². The quantitative estimate of drug-likeness (QED) is 0.652. The molecule has 2 aromatic rings. The average Bonchev–Trinajstić information content (AvgIpc) is 2.45. The monoisotopic (exact) mass is 312 g/mol. The topological polar surface area (TPSA) is 38.0 Å². The number of nitrogens with one attached hydrogen (secondary N) is 1. The van der Waals surface area contributed by atoms with Gasteiger partial charge < -0.3 is 0 Å². The van der Waals surface area contributed by atoms with E-state index < -0.39 is 0 Å². The predicted molar refractivity (Wildman–Crippen MR) is 81.4 cm³/mol. The number of hydrogen-bond donors (Lipinski definition) is 2. The van der Waals surface area contributed by atoms with Gasteiger partial charge in [0.05, 0.1) is 10.0 Å². The van der Waals surface area contributed by atoms with Crippen LogP contribution < -0.4 is 11.3 Å². The normalized spacial score (nSPS) is 12.4.